The van der Waals surface area contributed by atoms with Crippen LogP contribution in [0, 0.1) is 17.0 Å². The fourth-order valence-electron chi connectivity index (χ4n) is 2.38. The van der Waals surface area contributed by atoms with Crippen LogP contribution in [-0.4, -0.2) is 20.7 Å². The van der Waals surface area contributed by atoms with Crippen LogP contribution in [0.5, 0.6) is 0 Å². The first-order chi connectivity index (χ1) is 9.95. The Hall–Kier alpha value is -2.48. The normalized spacial score (nSPS) is 13.3. The van der Waals surface area contributed by atoms with Crippen LogP contribution >= 0.6 is 11.3 Å². The summed E-state index contributed by atoms with van der Waals surface area (Å²) in [5.41, 5.74) is 7.40. The van der Waals surface area contributed by atoms with Crippen molar-refractivity contribution in [2.24, 2.45) is 0 Å². The lowest BCUT2D eigenvalue weighted by atomic mass is 10.1. The van der Waals surface area contributed by atoms with Gasteiger partial charge in [-0.1, -0.05) is 0 Å². The van der Waals surface area contributed by atoms with Crippen LogP contribution in [0.15, 0.2) is 18.2 Å². The Balaban J connectivity index is 1.82. The standard InChI is InChI=1S/C13H12N4O3S/c1-7-4-8(2-3-10(7)17(19)20)12(18)16-5-9-11(6-16)21-13(14)15-9/h2-4H,5-6H2,1H3,(H2,14,15). The Bertz CT molecular complexity index is 732. The lowest BCUT2D eigenvalue weighted by Gasteiger charge is -2.15. The van der Waals surface area contributed by atoms with Crippen LogP contribution in [0.2, 0.25) is 0 Å². The minimum atomic E-state index is -0.455. The van der Waals surface area contributed by atoms with Crippen LogP contribution in [0.1, 0.15) is 26.5 Å². The van der Waals surface area contributed by atoms with Gasteiger partial charge >= 0.3 is 0 Å². The first kappa shape index (κ1) is 13.5. The summed E-state index contributed by atoms with van der Waals surface area (Å²) in [6.07, 6.45) is 0. The molecule has 2 N–H and O–H groups in total. The van der Waals surface area contributed by atoms with Crippen molar-refractivity contribution in [3.63, 3.8) is 0 Å². The van der Waals surface area contributed by atoms with Gasteiger partial charge in [-0.25, -0.2) is 4.98 Å². The van der Waals surface area contributed by atoms with Gasteiger partial charge in [-0.15, -0.1) is 11.3 Å². The number of hydrogen-bond donors (Lipinski definition) is 1. The monoisotopic (exact) mass is 304 g/mol. The highest BCUT2D eigenvalue weighted by atomic mass is 32.1. The Kier molecular flexibility index (Phi) is 3.09. The van der Waals surface area contributed by atoms with Crippen molar-refractivity contribution in [1.82, 2.24) is 9.88 Å². The number of rotatable bonds is 2. The van der Waals surface area contributed by atoms with Crippen molar-refractivity contribution in [3.8, 4) is 0 Å². The molecule has 0 bridgehead atoms. The molecule has 108 valence electrons. The summed E-state index contributed by atoms with van der Waals surface area (Å²) in [6.45, 7) is 2.54. The first-order valence-corrected chi connectivity index (χ1v) is 7.05. The van der Waals surface area contributed by atoms with Gasteiger partial charge in [0.05, 0.1) is 28.6 Å². The van der Waals surface area contributed by atoms with Crippen LogP contribution in [0.4, 0.5) is 10.8 Å². The molecule has 8 heteroatoms. The largest absolute Gasteiger partial charge is 0.375 e. The molecule has 0 unspecified atom stereocenters. The lowest BCUT2D eigenvalue weighted by Crippen LogP contribution is -2.25. The van der Waals surface area contributed by atoms with Gasteiger partial charge in [0.2, 0.25) is 0 Å². The molecule has 0 atom stereocenters. The van der Waals surface area contributed by atoms with Gasteiger partial charge in [-0.05, 0) is 19.1 Å². The molecule has 1 aromatic heterocycles. The summed E-state index contributed by atoms with van der Waals surface area (Å²) < 4.78 is 0. The molecule has 0 spiro atoms. The number of nitro groups is 1. The Morgan fingerprint density at radius 2 is 2.24 bits per heavy atom. The molecule has 7 nitrogen and oxygen atoms in total. The third-order valence-electron chi connectivity index (χ3n) is 3.40. The van der Waals surface area contributed by atoms with Crippen molar-refractivity contribution in [2.45, 2.75) is 20.0 Å². The minimum Gasteiger partial charge on any atom is -0.375 e. The molecule has 0 radical (unpaired) electrons. The number of amides is 1. The number of carbonyl (C=O) groups excluding carboxylic acids is 1. The van der Waals surface area contributed by atoms with E-state index in [1.807, 2.05) is 0 Å². The molecular formula is C13H12N4O3S. The molecule has 0 aliphatic carbocycles. The van der Waals surface area contributed by atoms with Crippen molar-refractivity contribution < 1.29 is 9.72 Å². The van der Waals surface area contributed by atoms with E-state index in [0.717, 1.165) is 10.6 Å². The van der Waals surface area contributed by atoms with E-state index >= 15 is 0 Å². The number of anilines is 1. The summed E-state index contributed by atoms with van der Waals surface area (Å²) in [7, 11) is 0. The number of aromatic nitrogens is 1. The third kappa shape index (κ3) is 2.33. The van der Waals surface area contributed by atoms with Gasteiger partial charge in [0, 0.05) is 17.2 Å². The van der Waals surface area contributed by atoms with Crippen molar-refractivity contribution in [3.05, 3.63) is 50.0 Å². The number of carbonyl (C=O) groups is 1. The molecule has 0 saturated carbocycles. The molecule has 1 amide bonds. The summed E-state index contributed by atoms with van der Waals surface area (Å²) in [5.74, 6) is -0.156. The SMILES string of the molecule is Cc1cc(C(=O)N2Cc3nc(N)sc3C2)ccc1[N+](=O)[O-]. The van der Waals surface area contributed by atoms with E-state index < -0.39 is 4.92 Å². The highest BCUT2D eigenvalue weighted by Gasteiger charge is 2.28. The van der Waals surface area contributed by atoms with E-state index in [1.54, 1.807) is 17.9 Å². The zero-order valence-electron chi connectivity index (χ0n) is 11.2. The maximum absolute atomic E-state index is 12.4. The Labute approximate surface area is 124 Å². The van der Waals surface area contributed by atoms with Crippen LogP contribution < -0.4 is 5.73 Å². The zero-order chi connectivity index (χ0) is 15.1. The zero-order valence-corrected chi connectivity index (χ0v) is 12.0. The molecule has 1 aromatic carbocycles. The van der Waals surface area contributed by atoms with Crippen LogP contribution in [-0.2, 0) is 13.1 Å². The predicted octanol–water partition coefficient (Wildman–Crippen LogP) is 2.10. The van der Waals surface area contributed by atoms with E-state index in [9.17, 15) is 14.9 Å². The van der Waals surface area contributed by atoms with Gasteiger partial charge in [0.1, 0.15) is 0 Å². The van der Waals surface area contributed by atoms with Gasteiger partial charge in [0.25, 0.3) is 11.6 Å². The Morgan fingerprint density at radius 1 is 1.48 bits per heavy atom. The van der Waals surface area contributed by atoms with E-state index in [2.05, 4.69) is 4.98 Å². The van der Waals surface area contributed by atoms with Gasteiger partial charge in [-0.3, -0.25) is 14.9 Å². The van der Waals surface area contributed by atoms with Gasteiger partial charge < -0.3 is 10.6 Å². The fourth-order valence-corrected chi connectivity index (χ4v) is 3.24. The molecule has 0 saturated heterocycles. The van der Waals surface area contributed by atoms with Gasteiger partial charge in [0.15, 0.2) is 5.13 Å². The quantitative estimate of drug-likeness (QED) is 0.676. The number of nitro benzene ring substituents is 1. The number of nitrogens with zero attached hydrogens (tertiary/aromatic N) is 3. The molecule has 1 aliphatic heterocycles. The summed E-state index contributed by atoms with van der Waals surface area (Å²) >= 11 is 1.39. The molecule has 2 aromatic rings. The summed E-state index contributed by atoms with van der Waals surface area (Å²) in [6, 6.07) is 4.40. The number of thiazole rings is 1. The second-order valence-corrected chi connectivity index (χ2v) is 5.96. The maximum atomic E-state index is 12.4. The average molecular weight is 304 g/mol. The highest BCUT2D eigenvalue weighted by Crippen LogP contribution is 2.30. The molecule has 2 heterocycles. The second-order valence-electron chi connectivity index (χ2n) is 4.84. The topological polar surface area (TPSA) is 102 Å². The number of fused-ring (bicyclic) bond motifs is 1. The first-order valence-electron chi connectivity index (χ1n) is 6.24. The number of nitrogen functional groups attached to an aromatic ring is 1. The van der Waals surface area contributed by atoms with E-state index in [4.69, 9.17) is 5.73 Å². The number of aryl methyl sites for hydroxylation is 1. The van der Waals surface area contributed by atoms with E-state index in [0.29, 0.717) is 29.3 Å². The molecular weight excluding hydrogens is 292 g/mol. The summed E-state index contributed by atoms with van der Waals surface area (Å²) in [5, 5.41) is 11.3. The second kappa shape index (κ2) is 4.81. The molecule has 21 heavy (non-hydrogen) atoms. The van der Waals surface area contributed by atoms with Crippen LogP contribution in [0.3, 0.4) is 0 Å². The average Bonchev–Trinajstić information content (AvgIpc) is 2.94. The van der Waals surface area contributed by atoms with Crippen LogP contribution in [0.25, 0.3) is 0 Å². The van der Waals surface area contributed by atoms with E-state index in [1.165, 1.54) is 23.5 Å². The lowest BCUT2D eigenvalue weighted by molar-refractivity contribution is -0.385. The predicted molar refractivity (Wildman–Crippen MR) is 77.9 cm³/mol. The fraction of sp³-hybridized carbons (Fsp3) is 0.231. The van der Waals surface area contributed by atoms with E-state index in [-0.39, 0.29) is 11.6 Å². The van der Waals surface area contributed by atoms with Gasteiger partial charge in [-0.2, -0.15) is 0 Å². The molecule has 3 rings (SSSR count). The molecule has 0 fully saturated rings. The third-order valence-corrected chi connectivity index (χ3v) is 4.31. The Morgan fingerprint density at radius 3 is 2.86 bits per heavy atom. The minimum absolute atomic E-state index is 0.0153. The van der Waals surface area contributed by atoms with Crippen molar-refractivity contribution >= 4 is 28.1 Å². The molecule has 1 aliphatic rings. The number of benzene rings is 1. The van der Waals surface area contributed by atoms with Crippen molar-refractivity contribution in [2.75, 3.05) is 5.73 Å². The maximum Gasteiger partial charge on any atom is 0.272 e. The number of nitrogens with two attached hydrogens (primary N) is 1. The van der Waals surface area contributed by atoms with Crippen molar-refractivity contribution in [1.29, 1.82) is 0 Å². The smallest absolute Gasteiger partial charge is 0.272 e. The summed E-state index contributed by atoms with van der Waals surface area (Å²) in [4.78, 5) is 29.6. The number of hydrogen-bond acceptors (Lipinski definition) is 6. The highest BCUT2D eigenvalue weighted by molar-refractivity contribution is 7.15.